The van der Waals surface area contributed by atoms with E-state index < -0.39 is 16.2 Å². The first-order chi connectivity index (χ1) is 9.00. The van der Waals surface area contributed by atoms with E-state index in [-0.39, 0.29) is 11.4 Å². The van der Waals surface area contributed by atoms with E-state index in [9.17, 15) is 13.2 Å². The van der Waals surface area contributed by atoms with Crippen LogP contribution in [0.25, 0.3) is 0 Å². The molecule has 0 saturated carbocycles. The molecule has 0 spiro atoms. The van der Waals surface area contributed by atoms with E-state index in [1.165, 1.54) is 25.4 Å². The van der Waals surface area contributed by atoms with Gasteiger partial charge in [0.15, 0.2) is 5.82 Å². The van der Waals surface area contributed by atoms with Crippen molar-refractivity contribution in [1.82, 2.24) is 9.71 Å². The molecule has 19 heavy (non-hydrogen) atoms. The van der Waals surface area contributed by atoms with Gasteiger partial charge in [0.25, 0.3) is 10.2 Å². The van der Waals surface area contributed by atoms with Crippen LogP contribution in [0, 0.1) is 0 Å². The molecule has 0 aliphatic carbocycles. The molecule has 0 aromatic carbocycles. The fourth-order valence-corrected chi connectivity index (χ4v) is 2.21. The fraction of sp³-hybridized carbons (Fsp3) is 0.455. The fourth-order valence-electron chi connectivity index (χ4n) is 1.31. The van der Waals surface area contributed by atoms with Gasteiger partial charge >= 0.3 is 5.97 Å². The number of pyridine rings is 1. The lowest BCUT2D eigenvalue weighted by molar-refractivity contribution is 0.0601. The number of carbonyl (C=O) groups is 1. The Morgan fingerprint density at radius 3 is 2.84 bits per heavy atom. The van der Waals surface area contributed by atoms with Gasteiger partial charge in [-0.15, -0.1) is 0 Å². The molecule has 1 rings (SSSR count). The monoisotopic (exact) mass is 287 g/mol. The molecule has 106 valence electrons. The van der Waals surface area contributed by atoms with Crippen molar-refractivity contribution in [2.45, 2.75) is 19.8 Å². The van der Waals surface area contributed by atoms with Crippen LogP contribution >= 0.6 is 0 Å². The third-order valence-corrected chi connectivity index (χ3v) is 3.31. The zero-order chi connectivity index (χ0) is 14.3. The van der Waals surface area contributed by atoms with Crippen LogP contribution in [0.4, 0.5) is 5.82 Å². The number of nitrogens with one attached hydrogen (secondary N) is 2. The predicted molar refractivity (Wildman–Crippen MR) is 71.0 cm³/mol. The number of methoxy groups -OCH3 is 1. The molecular weight excluding hydrogens is 270 g/mol. The lowest BCUT2D eigenvalue weighted by Gasteiger charge is -2.10. The molecule has 0 fully saturated rings. The highest BCUT2D eigenvalue weighted by Crippen LogP contribution is 2.13. The smallest absolute Gasteiger partial charge is 0.341 e. The van der Waals surface area contributed by atoms with E-state index >= 15 is 0 Å². The second-order valence-corrected chi connectivity index (χ2v) is 5.24. The van der Waals surface area contributed by atoms with Crippen molar-refractivity contribution < 1.29 is 17.9 Å². The average molecular weight is 287 g/mol. The number of unbranched alkanes of at least 4 members (excludes halogenated alkanes) is 1. The number of nitrogens with zero attached hydrogens (tertiary/aromatic N) is 1. The maximum absolute atomic E-state index is 11.7. The maximum atomic E-state index is 11.7. The summed E-state index contributed by atoms with van der Waals surface area (Å²) >= 11 is 0. The average Bonchev–Trinajstić information content (AvgIpc) is 2.38. The van der Waals surface area contributed by atoms with Crippen molar-refractivity contribution in [3.63, 3.8) is 0 Å². The number of aromatic nitrogens is 1. The minimum atomic E-state index is -3.74. The third kappa shape index (κ3) is 4.84. The SMILES string of the molecule is CCCCNS(=O)(=O)Nc1ncccc1C(=O)OC. The van der Waals surface area contributed by atoms with E-state index in [0.717, 1.165) is 12.8 Å². The molecule has 1 heterocycles. The van der Waals surface area contributed by atoms with Gasteiger partial charge in [-0.05, 0) is 18.6 Å². The van der Waals surface area contributed by atoms with Crippen LogP contribution in [0.15, 0.2) is 18.3 Å². The summed E-state index contributed by atoms with van der Waals surface area (Å²) in [5.74, 6) is -0.710. The van der Waals surface area contributed by atoms with Crippen LogP contribution in [-0.2, 0) is 14.9 Å². The van der Waals surface area contributed by atoms with Gasteiger partial charge in [0, 0.05) is 12.7 Å². The Bertz CT molecular complexity index is 530. The number of carbonyl (C=O) groups excluding carboxylic acids is 1. The number of rotatable bonds is 7. The lowest BCUT2D eigenvalue weighted by atomic mass is 10.2. The molecule has 2 N–H and O–H groups in total. The first kappa shape index (κ1) is 15.4. The van der Waals surface area contributed by atoms with Gasteiger partial charge in [-0.1, -0.05) is 13.3 Å². The van der Waals surface area contributed by atoms with Crippen LogP contribution in [0.5, 0.6) is 0 Å². The Hall–Kier alpha value is -1.67. The van der Waals surface area contributed by atoms with E-state index in [1.54, 1.807) is 0 Å². The first-order valence-electron chi connectivity index (χ1n) is 5.81. The summed E-state index contributed by atoms with van der Waals surface area (Å²) in [5.41, 5.74) is 0.0610. The van der Waals surface area contributed by atoms with Crippen molar-refractivity contribution in [2.24, 2.45) is 0 Å². The van der Waals surface area contributed by atoms with Crippen molar-refractivity contribution in [1.29, 1.82) is 0 Å². The Kier molecular flexibility index (Phi) is 5.71. The molecule has 0 atom stereocenters. The van der Waals surface area contributed by atoms with Crippen LogP contribution in [0.3, 0.4) is 0 Å². The topological polar surface area (TPSA) is 97.4 Å². The number of anilines is 1. The first-order valence-corrected chi connectivity index (χ1v) is 7.29. The van der Waals surface area contributed by atoms with Gasteiger partial charge in [0.05, 0.1) is 7.11 Å². The van der Waals surface area contributed by atoms with Gasteiger partial charge < -0.3 is 4.74 Å². The van der Waals surface area contributed by atoms with Crippen molar-refractivity contribution in [3.05, 3.63) is 23.9 Å². The van der Waals surface area contributed by atoms with E-state index in [0.29, 0.717) is 6.54 Å². The second-order valence-electron chi connectivity index (χ2n) is 3.74. The van der Waals surface area contributed by atoms with E-state index in [2.05, 4.69) is 19.2 Å². The Morgan fingerprint density at radius 1 is 1.47 bits per heavy atom. The summed E-state index contributed by atoms with van der Waals surface area (Å²) in [7, 11) is -2.53. The van der Waals surface area contributed by atoms with Gasteiger partial charge in [-0.25, -0.2) is 9.78 Å². The minimum Gasteiger partial charge on any atom is -0.465 e. The van der Waals surface area contributed by atoms with Crippen molar-refractivity contribution >= 4 is 22.0 Å². The van der Waals surface area contributed by atoms with Crippen LogP contribution < -0.4 is 9.44 Å². The number of hydrogen-bond donors (Lipinski definition) is 2. The van der Waals surface area contributed by atoms with Crippen LogP contribution in [0.1, 0.15) is 30.1 Å². The van der Waals surface area contributed by atoms with Crippen LogP contribution in [-0.4, -0.2) is 33.0 Å². The Labute approximate surface area is 112 Å². The third-order valence-electron chi connectivity index (χ3n) is 2.27. The normalized spacial score (nSPS) is 11.1. The van der Waals surface area contributed by atoms with Gasteiger partial charge in [-0.3, -0.25) is 4.72 Å². The molecule has 1 aromatic heterocycles. The number of esters is 1. The molecule has 7 nitrogen and oxygen atoms in total. The second kappa shape index (κ2) is 7.05. The summed E-state index contributed by atoms with van der Waals surface area (Å²) < 4.78 is 32.6. The summed E-state index contributed by atoms with van der Waals surface area (Å²) in [6.07, 6.45) is 2.99. The highest BCUT2D eigenvalue weighted by atomic mass is 32.2. The highest BCUT2D eigenvalue weighted by Gasteiger charge is 2.17. The quantitative estimate of drug-likeness (QED) is 0.574. The molecule has 0 unspecified atom stereocenters. The lowest BCUT2D eigenvalue weighted by Crippen LogP contribution is -2.31. The molecule has 0 aliphatic rings. The molecular formula is C11H17N3O4S. The van der Waals surface area contributed by atoms with Crippen molar-refractivity contribution in [3.8, 4) is 0 Å². The maximum Gasteiger partial charge on any atom is 0.341 e. The summed E-state index contributed by atoms with van der Waals surface area (Å²) in [5, 5.41) is 0. The summed E-state index contributed by atoms with van der Waals surface area (Å²) in [6, 6.07) is 2.96. The van der Waals surface area contributed by atoms with E-state index in [4.69, 9.17) is 0 Å². The number of hydrogen-bond acceptors (Lipinski definition) is 5. The van der Waals surface area contributed by atoms with Crippen molar-refractivity contribution in [2.75, 3.05) is 18.4 Å². The predicted octanol–water partition coefficient (Wildman–Crippen LogP) is 0.915. The molecule has 1 aromatic rings. The molecule has 0 radical (unpaired) electrons. The molecule has 0 amide bonds. The van der Waals surface area contributed by atoms with Gasteiger partial charge in [-0.2, -0.15) is 13.1 Å². The standard InChI is InChI=1S/C11H17N3O4S/c1-3-4-8-13-19(16,17)14-10-9(11(15)18-2)6-5-7-12-10/h5-7,13H,3-4,8H2,1-2H3,(H,12,14). The Morgan fingerprint density at radius 2 is 2.21 bits per heavy atom. The highest BCUT2D eigenvalue weighted by molar-refractivity contribution is 7.90. The zero-order valence-electron chi connectivity index (χ0n) is 10.8. The molecule has 0 bridgehead atoms. The van der Waals surface area contributed by atoms with E-state index in [1.807, 2.05) is 6.92 Å². The minimum absolute atomic E-state index is 0.0571. The Balaban J connectivity index is 2.84. The van der Waals surface area contributed by atoms with Crippen LogP contribution in [0.2, 0.25) is 0 Å². The molecule has 8 heteroatoms. The summed E-state index contributed by atoms with van der Waals surface area (Å²) in [6.45, 7) is 2.28. The zero-order valence-corrected chi connectivity index (χ0v) is 11.7. The molecule has 0 aliphatic heterocycles. The number of ether oxygens (including phenoxy) is 1. The summed E-state index contributed by atoms with van der Waals surface area (Å²) in [4.78, 5) is 15.3. The van der Waals surface area contributed by atoms with Gasteiger partial charge in [0.1, 0.15) is 5.56 Å². The molecule has 0 saturated heterocycles. The largest absolute Gasteiger partial charge is 0.465 e. The van der Waals surface area contributed by atoms with Gasteiger partial charge in [0.2, 0.25) is 0 Å².